The third kappa shape index (κ3) is 2.46. The molecule has 0 saturated carbocycles. The lowest BCUT2D eigenvalue weighted by atomic mass is 9.85. The average Bonchev–Trinajstić information content (AvgIpc) is 3.21. The molecule has 1 N–H and O–H groups in total. The van der Waals surface area contributed by atoms with Crippen LogP contribution < -0.4 is 11.0 Å². The Morgan fingerprint density at radius 2 is 2.03 bits per heavy atom. The number of fused-ring (bicyclic) bond motifs is 5. The summed E-state index contributed by atoms with van der Waals surface area (Å²) in [5.74, 6) is -1.41. The molecule has 174 valence electrons. The molecule has 34 heavy (non-hydrogen) atoms. The number of esters is 1. The van der Waals surface area contributed by atoms with Crippen LogP contribution in [0.15, 0.2) is 32.9 Å². The Kier molecular flexibility index (Phi) is 4.20. The minimum Gasteiger partial charge on any atom is -0.458 e. The maximum atomic E-state index is 14.6. The molecule has 0 bridgehead atoms. The molecule has 2 aromatic heterocycles. The van der Waals surface area contributed by atoms with Crippen LogP contribution in [0.3, 0.4) is 0 Å². The second-order valence-electron chi connectivity index (χ2n) is 8.73. The number of aryl methyl sites for hydroxylation is 1. The summed E-state index contributed by atoms with van der Waals surface area (Å²) in [6, 6.07) is 4.05. The van der Waals surface area contributed by atoms with E-state index in [0.29, 0.717) is 41.1 Å². The Bertz CT molecular complexity index is 1600. The molecule has 10 heteroatoms. The number of halogens is 1. The molecule has 0 saturated heterocycles. The van der Waals surface area contributed by atoms with Gasteiger partial charge in [-0.15, -0.1) is 0 Å². The summed E-state index contributed by atoms with van der Waals surface area (Å²) in [6.45, 7) is 1.96. The lowest BCUT2D eigenvalue weighted by molar-refractivity contribution is -0.172. The molecular formula is C24H20FN3O6. The van der Waals surface area contributed by atoms with E-state index in [-0.39, 0.29) is 41.6 Å². The summed E-state index contributed by atoms with van der Waals surface area (Å²) in [5, 5.41) is 15.2. The smallest absolute Gasteiger partial charge is 0.343 e. The molecular weight excluding hydrogens is 445 g/mol. The van der Waals surface area contributed by atoms with E-state index in [1.807, 2.05) is 4.57 Å². The number of carbonyl (C=O) groups excluding carboxylic acids is 1. The van der Waals surface area contributed by atoms with Crippen molar-refractivity contribution in [3.05, 3.63) is 67.0 Å². The first-order chi connectivity index (χ1) is 16.3. The second-order valence-corrected chi connectivity index (χ2v) is 8.73. The zero-order valence-corrected chi connectivity index (χ0v) is 18.5. The predicted octanol–water partition coefficient (Wildman–Crippen LogP) is 1.74. The largest absolute Gasteiger partial charge is 0.458 e. The number of benzene rings is 1. The molecule has 0 unspecified atom stereocenters. The predicted molar refractivity (Wildman–Crippen MR) is 119 cm³/mol. The minimum atomic E-state index is -1.98. The van der Waals surface area contributed by atoms with Crippen LogP contribution in [0.5, 0.6) is 0 Å². The molecule has 0 fully saturated rings. The van der Waals surface area contributed by atoms with Gasteiger partial charge in [-0.2, -0.15) is 0 Å². The highest BCUT2D eigenvalue weighted by Crippen LogP contribution is 2.39. The quantitative estimate of drug-likeness (QED) is 0.357. The summed E-state index contributed by atoms with van der Waals surface area (Å²) in [5.41, 5.74) is 0.273. The van der Waals surface area contributed by atoms with Gasteiger partial charge in [-0.3, -0.25) is 9.59 Å². The highest BCUT2D eigenvalue weighted by molar-refractivity contribution is 6.11. The van der Waals surface area contributed by atoms with Crippen LogP contribution in [0.25, 0.3) is 22.2 Å². The van der Waals surface area contributed by atoms with E-state index in [0.717, 1.165) is 0 Å². The van der Waals surface area contributed by atoms with Gasteiger partial charge in [0.25, 0.3) is 5.56 Å². The van der Waals surface area contributed by atoms with E-state index >= 15 is 0 Å². The first kappa shape index (κ1) is 20.8. The van der Waals surface area contributed by atoms with Crippen LogP contribution in [0.2, 0.25) is 0 Å². The van der Waals surface area contributed by atoms with Crippen LogP contribution in [0.4, 0.5) is 4.39 Å². The summed E-state index contributed by atoms with van der Waals surface area (Å²) in [7, 11) is 1.41. The minimum absolute atomic E-state index is 0.00667. The Balaban J connectivity index is 1.71. The average molecular weight is 465 g/mol. The Morgan fingerprint density at radius 3 is 2.76 bits per heavy atom. The van der Waals surface area contributed by atoms with Gasteiger partial charge in [0, 0.05) is 29.5 Å². The van der Waals surface area contributed by atoms with E-state index in [1.54, 1.807) is 6.92 Å². The number of hydrogen-bond donors (Lipinski definition) is 1. The van der Waals surface area contributed by atoms with Crippen LogP contribution in [0.1, 0.15) is 42.1 Å². The number of aromatic nitrogens is 2. The van der Waals surface area contributed by atoms with Crippen molar-refractivity contribution < 1.29 is 23.9 Å². The number of nitrogens with zero attached hydrogens (tertiary/aromatic N) is 3. The number of hydrogen-bond acceptors (Lipinski definition) is 7. The van der Waals surface area contributed by atoms with Gasteiger partial charge in [0.2, 0.25) is 0 Å². The van der Waals surface area contributed by atoms with E-state index in [9.17, 15) is 23.9 Å². The number of ether oxygens (including phenoxy) is 1. The van der Waals surface area contributed by atoms with Crippen molar-refractivity contribution in [2.75, 3.05) is 7.11 Å². The highest BCUT2D eigenvalue weighted by Gasteiger charge is 2.45. The molecule has 0 radical (unpaired) electrons. The third-order valence-electron chi connectivity index (χ3n) is 7.12. The van der Waals surface area contributed by atoms with Crippen molar-refractivity contribution in [2.45, 2.75) is 45.1 Å². The van der Waals surface area contributed by atoms with Crippen molar-refractivity contribution in [3.63, 3.8) is 0 Å². The van der Waals surface area contributed by atoms with Crippen molar-refractivity contribution >= 4 is 22.6 Å². The molecule has 3 aliphatic heterocycles. The Morgan fingerprint density at radius 1 is 1.24 bits per heavy atom. The third-order valence-corrected chi connectivity index (χ3v) is 7.12. The second kappa shape index (κ2) is 6.86. The number of oxime groups is 1. The SMILES string of the molecule is CC[C@@]1(O)C(=O)OCc2c1cc1n(c2=O)Cc2c-1c(=O)c1cc(F)cc3c1n2CC/C3=N/OC. The lowest BCUT2D eigenvalue weighted by Crippen LogP contribution is -2.44. The fourth-order valence-corrected chi connectivity index (χ4v) is 5.46. The summed E-state index contributed by atoms with van der Waals surface area (Å²) in [6.07, 6.45) is 0.459. The van der Waals surface area contributed by atoms with E-state index in [1.165, 1.54) is 29.9 Å². The highest BCUT2D eigenvalue weighted by atomic mass is 19.1. The molecule has 3 aromatic rings. The molecule has 3 aliphatic rings. The zero-order chi connectivity index (χ0) is 23.9. The molecule has 0 aliphatic carbocycles. The van der Waals surface area contributed by atoms with Crippen LogP contribution in [-0.4, -0.2) is 33.0 Å². The van der Waals surface area contributed by atoms with Crippen molar-refractivity contribution in [1.29, 1.82) is 0 Å². The number of cyclic esters (lactones) is 1. The number of pyridine rings is 2. The first-order valence-electron chi connectivity index (χ1n) is 11.0. The normalized spacial score (nSPS) is 21.3. The molecule has 6 rings (SSSR count). The topological polar surface area (TPSA) is 112 Å². The van der Waals surface area contributed by atoms with Gasteiger partial charge in [0.15, 0.2) is 11.0 Å². The summed E-state index contributed by atoms with van der Waals surface area (Å²) >= 11 is 0. The maximum Gasteiger partial charge on any atom is 0.343 e. The van der Waals surface area contributed by atoms with Crippen LogP contribution in [0, 0.1) is 5.82 Å². The zero-order valence-electron chi connectivity index (χ0n) is 18.5. The summed E-state index contributed by atoms with van der Waals surface area (Å²) in [4.78, 5) is 44.4. The van der Waals surface area contributed by atoms with Gasteiger partial charge in [-0.1, -0.05) is 12.1 Å². The van der Waals surface area contributed by atoms with Gasteiger partial charge >= 0.3 is 5.97 Å². The molecule has 0 amide bonds. The van der Waals surface area contributed by atoms with Crippen molar-refractivity contribution in [1.82, 2.24) is 9.13 Å². The fourth-order valence-electron chi connectivity index (χ4n) is 5.46. The molecule has 5 heterocycles. The first-order valence-corrected chi connectivity index (χ1v) is 11.0. The van der Waals surface area contributed by atoms with Crippen molar-refractivity contribution in [2.24, 2.45) is 5.16 Å². The van der Waals surface area contributed by atoms with E-state index < -0.39 is 28.4 Å². The lowest BCUT2D eigenvalue weighted by Gasteiger charge is -2.31. The van der Waals surface area contributed by atoms with E-state index in [2.05, 4.69) is 5.16 Å². The van der Waals surface area contributed by atoms with Crippen LogP contribution in [-0.2, 0) is 39.7 Å². The molecule has 9 nitrogen and oxygen atoms in total. The van der Waals surface area contributed by atoms with E-state index in [4.69, 9.17) is 9.57 Å². The maximum absolute atomic E-state index is 14.6. The summed E-state index contributed by atoms with van der Waals surface area (Å²) < 4.78 is 23.1. The van der Waals surface area contributed by atoms with Crippen LogP contribution >= 0.6 is 0 Å². The Labute approximate surface area is 191 Å². The number of rotatable bonds is 2. The van der Waals surface area contributed by atoms with Gasteiger partial charge in [-0.05, 0) is 24.6 Å². The Hall–Kier alpha value is -3.79. The fraction of sp³-hybridized carbons (Fsp3) is 0.333. The van der Waals surface area contributed by atoms with Gasteiger partial charge in [0.05, 0.1) is 40.3 Å². The number of carbonyl (C=O) groups is 1. The van der Waals surface area contributed by atoms with Gasteiger partial charge < -0.3 is 23.8 Å². The molecule has 0 spiro atoms. The standard InChI is InChI=1S/C24H20FN3O6/c1-3-24(32)15-8-17-19-18(9-28(17)22(30)14(15)10-34-23(24)31)27-5-4-16(26-33-2)12-6-11(25)7-13(20(12)27)21(19)29/h6-8,32H,3-5,9-10H2,1-2H3/b26-16-/t24-/m0/s1. The number of aliphatic hydroxyl groups is 1. The van der Waals surface area contributed by atoms with Gasteiger partial charge in [-0.25, -0.2) is 9.18 Å². The monoisotopic (exact) mass is 465 g/mol. The molecule has 1 atom stereocenters. The van der Waals surface area contributed by atoms with Crippen molar-refractivity contribution in [3.8, 4) is 11.3 Å². The van der Waals surface area contributed by atoms with Gasteiger partial charge in [0.1, 0.15) is 19.5 Å². The molecule has 1 aromatic carbocycles.